The molecule has 2 nitrogen and oxygen atoms in total. The van der Waals surface area contributed by atoms with Crippen LogP contribution in [0, 0.1) is 0 Å². The third kappa shape index (κ3) is 2.36. The molecule has 92 valence electrons. The number of hydrogen-bond donors (Lipinski definition) is 0. The van der Waals surface area contributed by atoms with Gasteiger partial charge in [0.15, 0.2) is 5.78 Å². The molecule has 1 heterocycles. The maximum atomic E-state index is 11.6. The van der Waals surface area contributed by atoms with Crippen LogP contribution in [0.2, 0.25) is 0 Å². The van der Waals surface area contributed by atoms with Gasteiger partial charge in [-0.25, -0.2) is 4.98 Å². The minimum absolute atomic E-state index is 0.161. The number of thiazole rings is 1. The Balaban J connectivity index is 1.89. The molecule has 3 rings (SSSR count). The first-order chi connectivity index (χ1) is 8.74. The molecule has 1 aromatic carbocycles. The van der Waals surface area contributed by atoms with E-state index in [2.05, 4.69) is 17.1 Å². The van der Waals surface area contributed by atoms with Gasteiger partial charge in [-0.15, -0.1) is 11.3 Å². The molecule has 1 aromatic heterocycles. The van der Waals surface area contributed by atoms with E-state index in [0.29, 0.717) is 5.92 Å². The average molecular weight is 257 g/mol. The third-order valence-electron chi connectivity index (χ3n) is 3.18. The van der Waals surface area contributed by atoms with Crippen molar-refractivity contribution in [3.8, 4) is 0 Å². The standard InChI is InChI=1S/C15H15NOS/c1-10(17)15-14(12-7-8-12)16-13(18-15)9-11-5-3-2-4-6-11/h2-6,12H,7-9H2,1H3. The van der Waals surface area contributed by atoms with Crippen LogP contribution in [0.4, 0.5) is 0 Å². The summed E-state index contributed by atoms with van der Waals surface area (Å²) in [6.07, 6.45) is 3.21. The van der Waals surface area contributed by atoms with Gasteiger partial charge >= 0.3 is 0 Å². The lowest BCUT2D eigenvalue weighted by molar-refractivity contribution is 0.102. The minimum atomic E-state index is 0.161. The smallest absolute Gasteiger partial charge is 0.171 e. The van der Waals surface area contributed by atoms with E-state index < -0.39 is 0 Å². The Hall–Kier alpha value is -1.48. The van der Waals surface area contributed by atoms with E-state index in [0.717, 1.165) is 22.0 Å². The fourth-order valence-electron chi connectivity index (χ4n) is 2.11. The summed E-state index contributed by atoms with van der Waals surface area (Å²) in [4.78, 5) is 17.2. The molecule has 0 N–H and O–H groups in total. The van der Waals surface area contributed by atoms with E-state index in [9.17, 15) is 4.79 Å². The van der Waals surface area contributed by atoms with E-state index in [4.69, 9.17) is 0 Å². The van der Waals surface area contributed by atoms with Crippen molar-refractivity contribution < 1.29 is 4.79 Å². The van der Waals surface area contributed by atoms with Gasteiger partial charge < -0.3 is 0 Å². The summed E-state index contributed by atoms with van der Waals surface area (Å²) in [5.41, 5.74) is 2.31. The second kappa shape index (κ2) is 4.65. The molecule has 1 saturated carbocycles. The first-order valence-corrected chi connectivity index (χ1v) is 7.10. The predicted molar refractivity (Wildman–Crippen MR) is 73.3 cm³/mol. The second-order valence-electron chi connectivity index (χ2n) is 4.81. The van der Waals surface area contributed by atoms with Crippen LogP contribution >= 0.6 is 11.3 Å². The molecular formula is C15H15NOS. The number of carbonyl (C=O) groups excluding carboxylic acids is 1. The molecule has 18 heavy (non-hydrogen) atoms. The highest BCUT2D eigenvalue weighted by atomic mass is 32.1. The summed E-state index contributed by atoms with van der Waals surface area (Å²) in [7, 11) is 0. The Morgan fingerprint density at radius 2 is 2.06 bits per heavy atom. The van der Waals surface area contributed by atoms with Crippen molar-refractivity contribution in [3.63, 3.8) is 0 Å². The number of Topliss-reactive ketones (excluding diaryl/α,β-unsaturated/α-hetero) is 1. The van der Waals surface area contributed by atoms with Gasteiger partial charge in [-0.2, -0.15) is 0 Å². The van der Waals surface area contributed by atoms with E-state index in [1.54, 1.807) is 18.3 Å². The van der Waals surface area contributed by atoms with Crippen molar-refractivity contribution in [1.29, 1.82) is 0 Å². The van der Waals surface area contributed by atoms with Crippen molar-refractivity contribution in [1.82, 2.24) is 4.98 Å². The van der Waals surface area contributed by atoms with E-state index in [-0.39, 0.29) is 5.78 Å². The largest absolute Gasteiger partial charge is 0.294 e. The number of aromatic nitrogens is 1. The maximum absolute atomic E-state index is 11.6. The Morgan fingerprint density at radius 3 is 2.67 bits per heavy atom. The Labute approximate surface area is 111 Å². The van der Waals surface area contributed by atoms with Gasteiger partial charge in [0.1, 0.15) is 0 Å². The number of hydrogen-bond acceptors (Lipinski definition) is 3. The molecule has 2 aromatic rings. The lowest BCUT2D eigenvalue weighted by Crippen LogP contribution is -1.93. The summed E-state index contributed by atoms with van der Waals surface area (Å²) in [6, 6.07) is 10.3. The van der Waals surface area contributed by atoms with E-state index in [1.165, 1.54) is 18.4 Å². The lowest BCUT2D eigenvalue weighted by Gasteiger charge is -1.95. The van der Waals surface area contributed by atoms with Gasteiger partial charge in [-0.05, 0) is 18.4 Å². The van der Waals surface area contributed by atoms with Crippen molar-refractivity contribution >= 4 is 17.1 Å². The first kappa shape index (κ1) is 11.6. The Morgan fingerprint density at radius 1 is 1.33 bits per heavy atom. The molecule has 1 fully saturated rings. The van der Waals surface area contributed by atoms with Crippen molar-refractivity contribution in [2.45, 2.75) is 32.1 Å². The molecule has 0 saturated heterocycles. The quantitative estimate of drug-likeness (QED) is 0.779. The highest BCUT2D eigenvalue weighted by Crippen LogP contribution is 2.43. The van der Waals surface area contributed by atoms with Crippen molar-refractivity contribution in [2.75, 3.05) is 0 Å². The summed E-state index contributed by atoms with van der Waals surface area (Å²) in [5.74, 6) is 0.707. The molecule has 0 bridgehead atoms. The number of rotatable bonds is 4. The second-order valence-corrected chi connectivity index (χ2v) is 5.90. The lowest BCUT2D eigenvalue weighted by atomic mass is 10.1. The minimum Gasteiger partial charge on any atom is -0.294 e. The highest BCUT2D eigenvalue weighted by Gasteiger charge is 2.30. The topological polar surface area (TPSA) is 30.0 Å². The van der Waals surface area contributed by atoms with E-state index in [1.807, 2.05) is 18.2 Å². The summed E-state index contributed by atoms with van der Waals surface area (Å²) >= 11 is 1.57. The summed E-state index contributed by atoms with van der Waals surface area (Å²) in [5, 5.41) is 1.06. The summed E-state index contributed by atoms with van der Waals surface area (Å²) < 4.78 is 0. The molecular weight excluding hydrogens is 242 g/mol. The van der Waals surface area contributed by atoms with Crippen LogP contribution in [0.3, 0.4) is 0 Å². The fraction of sp³-hybridized carbons (Fsp3) is 0.333. The van der Waals surface area contributed by atoms with Crippen LogP contribution in [-0.2, 0) is 6.42 Å². The van der Waals surface area contributed by atoms with Gasteiger partial charge in [0.05, 0.1) is 15.6 Å². The third-order valence-corrected chi connectivity index (χ3v) is 4.35. The van der Waals surface area contributed by atoms with Crippen LogP contribution in [-0.4, -0.2) is 10.8 Å². The molecule has 0 radical (unpaired) electrons. The van der Waals surface area contributed by atoms with Crippen LogP contribution in [0.25, 0.3) is 0 Å². The maximum Gasteiger partial charge on any atom is 0.171 e. The fourth-order valence-corrected chi connectivity index (χ4v) is 3.19. The first-order valence-electron chi connectivity index (χ1n) is 6.28. The van der Waals surface area contributed by atoms with Gasteiger partial charge in [0.25, 0.3) is 0 Å². The van der Waals surface area contributed by atoms with Gasteiger partial charge in [0.2, 0.25) is 0 Å². The Bertz CT molecular complexity index is 569. The predicted octanol–water partition coefficient (Wildman–Crippen LogP) is 3.81. The van der Waals surface area contributed by atoms with Crippen LogP contribution in [0.15, 0.2) is 30.3 Å². The average Bonchev–Trinajstić information content (AvgIpc) is 3.12. The van der Waals surface area contributed by atoms with Crippen LogP contribution in [0.5, 0.6) is 0 Å². The molecule has 0 atom stereocenters. The SMILES string of the molecule is CC(=O)c1sc(Cc2ccccc2)nc1C1CC1. The number of carbonyl (C=O) groups is 1. The number of benzene rings is 1. The monoisotopic (exact) mass is 257 g/mol. The summed E-state index contributed by atoms with van der Waals surface area (Å²) in [6.45, 7) is 1.64. The normalized spacial score (nSPS) is 14.7. The zero-order chi connectivity index (χ0) is 12.5. The molecule has 1 aliphatic carbocycles. The highest BCUT2D eigenvalue weighted by molar-refractivity contribution is 7.13. The zero-order valence-electron chi connectivity index (χ0n) is 10.3. The van der Waals surface area contributed by atoms with Crippen molar-refractivity contribution in [3.05, 3.63) is 51.5 Å². The molecule has 0 unspecified atom stereocenters. The van der Waals surface area contributed by atoms with Crippen LogP contribution in [0.1, 0.15) is 51.6 Å². The van der Waals surface area contributed by atoms with Crippen LogP contribution < -0.4 is 0 Å². The Kier molecular flexibility index (Phi) is 3.00. The van der Waals surface area contributed by atoms with Gasteiger partial charge in [-0.3, -0.25) is 4.79 Å². The van der Waals surface area contributed by atoms with Crippen molar-refractivity contribution in [2.24, 2.45) is 0 Å². The number of nitrogens with zero attached hydrogens (tertiary/aromatic N) is 1. The van der Waals surface area contributed by atoms with Gasteiger partial charge in [0, 0.05) is 19.3 Å². The zero-order valence-corrected chi connectivity index (χ0v) is 11.2. The molecule has 0 aliphatic heterocycles. The van der Waals surface area contributed by atoms with Gasteiger partial charge in [-0.1, -0.05) is 30.3 Å². The molecule has 0 spiro atoms. The number of ketones is 1. The van der Waals surface area contributed by atoms with E-state index >= 15 is 0 Å². The molecule has 0 amide bonds. The molecule has 3 heteroatoms. The molecule has 1 aliphatic rings.